The van der Waals surface area contributed by atoms with Crippen LogP contribution in [-0.2, 0) is 0 Å². The van der Waals surface area contributed by atoms with Crippen LogP contribution in [-0.4, -0.2) is 9.97 Å². The normalized spacial score (nSPS) is 12.2. The molecule has 0 fully saturated rings. The highest BCUT2D eigenvalue weighted by Crippen LogP contribution is 2.52. The molecule has 3 heteroatoms. The van der Waals surface area contributed by atoms with Crippen LogP contribution in [0, 0.1) is 0 Å². The molecule has 1 aliphatic heterocycles. The summed E-state index contributed by atoms with van der Waals surface area (Å²) in [5, 5.41) is 7.35. The lowest BCUT2D eigenvalue weighted by atomic mass is 9.89. The molecule has 0 amide bonds. The molecular formula is C44H27N3. The zero-order chi connectivity index (χ0) is 30.9. The van der Waals surface area contributed by atoms with Gasteiger partial charge in [0, 0.05) is 27.8 Å². The van der Waals surface area contributed by atoms with E-state index in [0.29, 0.717) is 0 Å². The van der Waals surface area contributed by atoms with Gasteiger partial charge in [0.05, 0.1) is 33.8 Å². The molecule has 2 heterocycles. The number of anilines is 3. The molecule has 0 N–H and O–H groups in total. The average molecular weight is 598 g/mol. The summed E-state index contributed by atoms with van der Waals surface area (Å²) < 4.78 is 0. The lowest BCUT2D eigenvalue weighted by Crippen LogP contribution is -2.15. The maximum absolute atomic E-state index is 5.27. The summed E-state index contributed by atoms with van der Waals surface area (Å²) in [5.41, 5.74) is 11.5. The first-order valence-electron chi connectivity index (χ1n) is 16.0. The summed E-state index contributed by atoms with van der Waals surface area (Å²) in [5.74, 6) is 0. The molecule has 218 valence electrons. The molecule has 0 aliphatic carbocycles. The Morgan fingerprint density at radius 2 is 0.957 bits per heavy atom. The highest BCUT2D eigenvalue weighted by molar-refractivity contribution is 6.15. The van der Waals surface area contributed by atoms with Crippen LogP contribution in [0.2, 0.25) is 0 Å². The third-order valence-electron chi connectivity index (χ3n) is 9.49. The third kappa shape index (κ3) is 4.07. The van der Waals surface area contributed by atoms with Crippen LogP contribution in [0.25, 0.3) is 77.0 Å². The highest BCUT2D eigenvalue weighted by Gasteiger charge is 2.27. The fourth-order valence-corrected chi connectivity index (χ4v) is 7.30. The Morgan fingerprint density at radius 1 is 0.362 bits per heavy atom. The van der Waals surface area contributed by atoms with Gasteiger partial charge in [-0.2, -0.15) is 0 Å². The van der Waals surface area contributed by atoms with E-state index in [1.54, 1.807) is 0 Å². The molecule has 0 saturated heterocycles. The summed E-state index contributed by atoms with van der Waals surface area (Å²) in [4.78, 5) is 12.9. The van der Waals surface area contributed by atoms with E-state index in [0.717, 1.165) is 39.2 Å². The Balaban J connectivity index is 1.22. The van der Waals surface area contributed by atoms with Gasteiger partial charge in [0.25, 0.3) is 0 Å². The first-order chi connectivity index (χ1) is 23.3. The quantitative estimate of drug-likeness (QED) is 0.203. The van der Waals surface area contributed by atoms with E-state index in [4.69, 9.17) is 9.97 Å². The van der Waals surface area contributed by atoms with E-state index in [9.17, 15) is 0 Å². The molecule has 10 rings (SSSR count). The van der Waals surface area contributed by atoms with Gasteiger partial charge in [-0.15, -0.1) is 0 Å². The summed E-state index contributed by atoms with van der Waals surface area (Å²) in [6, 6.07) is 58.5. The van der Waals surface area contributed by atoms with E-state index >= 15 is 0 Å². The number of hydrogen-bond acceptors (Lipinski definition) is 3. The van der Waals surface area contributed by atoms with E-state index < -0.39 is 0 Å². The number of hydrogen-bond donors (Lipinski definition) is 0. The SMILES string of the molecule is c1cc(-c2nc3ccccc3nc2-c2ccc3ccccc3c2)cc(N2c3cc4ccccc4cc3-c3cccc4cccc2c34)c1. The molecule has 1 aromatic heterocycles. The van der Waals surface area contributed by atoms with Crippen molar-refractivity contribution < 1.29 is 0 Å². The van der Waals surface area contributed by atoms with Crippen molar-refractivity contribution in [2.75, 3.05) is 4.90 Å². The minimum atomic E-state index is 0.871. The Labute approximate surface area is 272 Å². The van der Waals surface area contributed by atoms with E-state index in [-0.39, 0.29) is 0 Å². The predicted molar refractivity (Wildman–Crippen MR) is 197 cm³/mol. The highest BCUT2D eigenvalue weighted by atomic mass is 15.2. The van der Waals surface area contributed by atoms with Gasteiger partial charge in [0.15, 0.2) is 0 Å². The number of fused-ring (bicyclic) bond motifs is 5. The summed E-state index contributed by atoms with van der Waals surface area (Å²) in [6.07, 6.45) is 0. The van der Waals surface area contributed by atoms with Crippen LogP contribution in [0.3, 0.4) is 0 Å². The van der Waals surface area contributed by atoms with Crippen molar-refractivity contribution in [1.82, 2.24) is 9.97 Å². The van der Waals surface area contributed by atoms with Gasteiger partial charge in [-0.1, -0.05) is 115 Å². The van der Waals surface area contributed by atoms with Gasteiger partial charge in [0.2, 0.25) is 0 Å². The smallest absolute Gasteiger partial charge is 0.0973 e. The average Bonchev–Trinajstić information content (AvgIpc) is 3.14. The third-order valence-corrected chi connectivity index (χ3v) is 9.49. The zero-order valence-corrected chi connectivity index (χ0v) is 25.4. The van der Waals surface area contributed by atoms with Gasteiger partial charge < -0.3 is 4.90 Å². The van der Waals surface area contributed by atoms with Crippen molar-refractivity contribution in [2.45, 2.75) is 0 Å². The minimum Gasteiger partial charge on any atom is -0.309 e. The zero-order valence-electron chi connectivity index (χ0n) is 25.4. The Morgan fingerprint density at radius 3 is 1.72 bits per heavy atom. The molecule has 0 radical (unpaired) electrons. The molecule has 1 aliphatic rings. The standard InChI is InChI=1S/C44H27N3/c1-2-11-30-24-34(23-22-28(30)10-1)44-43(45-38-19-5-6-20-39(38)46-44)33-16-7-17-35(25-33)47-40-21-9-15-29-14-8-18-36(42(29)40)37-26-31-12-3-4-13-32(31)27-41(37)47/h1-27H. The Bertz CT molecular complexity index is 2700. The topological polar surface area (TPSA) is 29.0 Å². The number of nitrogens with zero attached hydrogens (tertiary/aromatic N) is 3. The fourth-order valence-electron chi connectivity index (χ4n) is 7.30. The number of aromatic nitrogens is 2. The van der Waals surface area contributed by atoms with Crippen molar-refractivity contribution in [3.8, 4) is 33.6 Å². The molecule has 0 bridgehead atoms. The van der Waals surface area contributed by atoms with Gasteiger partial charge in [-0.05, 0) is 81.0 Å². The van der Waals surface area contributed by atoms with Crippen LogP contribution in [0.15, 0.2) is 164 Å². The number of rotatable bonds is 3. The first-order valence-corrected chi connectivity index (χ1v) is 16.0. The van der Waals surface area contributed by atoms with Gasteiger partial charge in [-0.3, -0.25) is 0 Å². The second-order valence-electron chi connectivity index (χ2n) is 12.3. The van der Waals surface area contributed by atoms with Crippen molar-refractivity contribution in [3.63, 3.8) is 0 Å². The fraction of sp³-hybridized carbons (Fsp3) is 0. The molecule has 3 nitrogen and oxygen atoms in total. The number of benzene rings is 8. The van der Waals surface area contributed by atoms with E-state index in [2.05, 4.69) is 144 Å². The minimum absolute atomic E-state index is 0.871. The lowest BCUT2D eigenvalue weighted by Gasteiger charge is -2.34. The molecule has 0 atom stereocenters. The van der Waals surface area contributed by atoms with Crippen LogP contribution in [0.4, 0.5) is 17.1 Å². The van der Waals surface area contributed by atoms with Crippen LogP contribution < -0.4 is 4.90 Å². The van der Waals surface area contributed by atoms with Crippen molar-refractivity contribution in [1.29, 1.82) is 0 Å². The molecule has 0 unspecified atom stereocenters. The van der Waals surface area contributed by atoms with Gasteiger partial charge >= 0.3 is 0 Å². The first kappa shape index (κ1) is 26.0. The van der Waals surface area contributed by atoms with E-state index in [1.807, 2.05) is 24.3 Å². The van der Waals surface area contributed by atoms with Crippen molar-refractivity contribution in [2.24, 2.45) is 0 Å². The summed E-state index contributed by atoms with van der Waals surface area (Å²) in [6.45, 7) is 0. The summed E-state index contributed by atoms with van der Waals surface area (Å²) in [7, 11) is 0. The maximum Gasteiger partial charge on any atom is 0.0973 e. The molecule has 9 aromatic rings. The molecule has 0 saturated carbocycles. The monoisotopic (exact) mass is 597 g/mol. The van der Waals surface area contributed by atoms with E-state index in [1.165, 1.54) is 54.8 Å². The van der Waals surface area contributed by atoms with Gasteiger partial charge in [0.1, 0.15) is 0 Å². The second-order valence-corrected chi connectivity index (χ2v) is 12.3. The molecule has 0 spiro atoms. The molecule has 8 aromatic carbocycles. The van der Waals surface area contributed by atoms with Gasteiger partial charge in [-0.25, -0.2) is 9.97 Å². The van der Waals surface area contributed by atoms with Crippen LogP contribution in [0.1, 0.15) is 0 Å². The lowest BCUT2D eigenvalue weighted by molar-refractivity contribution is 1.27. The number of para-hydroxylation sites is 2. The largest absolute Gasteiger partial charge is 0.309 e. The molecular weight excluding hydrogens is 571 g/mol. The van der Waals surface area contributed by atoms with Crippen molar-refractivity contribution in [3.05, 3.63) is 164 Å². The Kier molecular flexibility index (Phi) is 5.57. The summed E-state index contributed by atoms with van der Waals surface area (Å²) >= 11 is 0. The molecule has 47 heavy (non-hydrogen) atoms. The Hall–Kier alpha value is -6.32. The predicted octanol–water partition coefficient (Wildman–Crippen LogP) is 11.9. The second kappa shape index (κ2) is 10.1. The maximum atomic E-state index is 5.27. The van der Waals surface area contributed by atoms with Crippen LogP contribution >= 0.6 is 0 Å². The van der Waals surface area contributed by atoms with Crippen LogP contribution in [0.5, 0.6) is 0 Å². The van der Waals surface area contributed by atoms with Crippen molar-refractivity contribution >= 4 is 60.4 Å².